The molecule has 2 rings (SSSR count). The molecule has 0 aliphatic heterocycles. The molecule has 39 heavy (non-hydrogen) atoms. The van der Waals surface area contributed by atoms with Gasteiger partial charge in [0.05, 0.1) is 6.73 Å². The van der Waals surface area contributed by atoms with Crippen molar-refractivity contribution >= 4 is 0 Å². The molecule has 230 valence electrons. The van der Waals surface area contributed by atoms with Crippen LogP contribution in [0.25, 0.3) is 0 Å². The highest BCUT2D eigenvalue weighted by Crippen LogP contribution is 2.21. The summed E-state index contributed by atoms with van der Waals surface area (Å²) >= 11 is 0. The van der Waals surface area contributed by atoms with E-state index in [9.17, 15) is 0 Å². The van der Waals surface area contributed by atoms with Gasteiger partial charge >= 0.3 is 0 Å². The Bertz CT molecular complexity index is 607. The van der Waals surface area contributed by atoms with E-state index in [4.69, 9.17) is 14.2 Å². The van der Waals surface area contributed by atoms with Crippen LogP contribution < -0.4 is 10.1 Å². The molecule has 0 saturated carbocycles. The van der Waals surface area contributed by atoms with E-state index in [-0.39, 0.29) is 0 Å². The van der Waals surface area contributed by atoms with E-state index in [2.05, 4.69) is 63.3 Å². The smallest absolute Gasteiger partial charge is 0.127 e. The lowest BCUT2D eigenvalue weighted by Gasteiger charge is -2.05. The molecule has 1 unspecified atom stereocenters. The quantitative estimate of drug-likeness (QED) is 0.297. The van der Waals surface area contributed by atoms with E-state index >= 15 is 0 Å². The normalized spacial score (nSPS) is 9.77. The maximum Gasteiger partial charge on any atom is 0.127 e. The van der Waals surface area contributed by atoms with Crippen LogP contribution in [0.3, 0.4) is 0 Å². The second-order valence-electron chi connectivity index (χ2n) is 8.76. The maximum absolute atomic E-state index is 5.69. The molecule has 0 fully saturated rings. The van der Waals surface area contributed by atoms with Gasteiger partial charge in [-0.05, 0) is 64.4 Å². The zero-order valence-corrected chi connectivity index (χ0v) is 27.7. The number of hydrogen-bond donors (Lipinski definition) is 1. The average Bonchev–Trinajstić information content (AvgIpc) is 2.94. The molecule has 2 aromatic rings. The van der Waals surface area contributed by atoms with Gasteiger partial charge in [-0.3, -0.25) is 5.32 Å². The van der Waals surface area contributed by atoms with Gasteiger partial charge in [0.1, 0.15) is 11.5 Å². The summed E-state index contributed by atoms with van der Waals surface area (Å²) in [4.78, 5) is 0. The monoisotopic (exact) mass is 553 g/mol. The van der Waals surface area contributed by atoms with Gasteiger partial charge < -0.3 is 23.7 Å². The topological polar surface area (TPSA) is 58.2 Å². The first-order chi connectivity index (χ1) is 18.7. The third-order valence-corrected chi connectivity index (χ3v) is 4.41. The fourth-order valence-electron chi connectivity index (χ4n) is 2.10. The van der Waals surface area contributed by atoms with Crippen LogP contribution in [0.5, 0.6) is 11.5 Å². The molecule has 2 aromatic carbocycles. The van der Waals surface area contributed by atoms with E-state index < -0.39 is 0 Å². The van der Waals surface area contributed by atoms with Crippen LogP contribution in [-0.4, -0.2) is 62.0 Å². The van der Waals surface area contributed by atoms with Crippen LogP contribution in [0.4, 0.5) is 0 Å². The number of methoxy groups -OCH3 is 4. The van der Waals surface area contributed by atoms with E-state index in [1.54, 1.807) is 28.4 Å². The van der Waals surface area contributed by atoms with E-state index in [1.165, 1.54) is 24.0 Å². The molecule has 0 heterocycles. The Morgan fingerprint density at radius 3 is 1.23 bits per heavy atom. The highest BCUT2D eigenvalue weighted by atomic mass is 16.5. The van der Waals surface area contributed by atoms with E-state index in [0.717, 1.165) is 43.7 Å². The summed E-state index contributed by atoms with van der Waals surface area (Å²) in [5.74, 6) is 2.49. The Hall–Kier alpha value is -1.96. The first kappa shape index (κ1) is 44.1. The van der Waals surface area contributed by atoms with Gasteiger partial charge in [-0.1, -0.05) is 82.9 Å². The Labute approximate surface area is 242 Å². The van der Waals surface area contributed by atoms with Crippen molar-refractivity contribution in [1.29, 1.82) is 0 Å². The van der Waals surface area contributed by atoms with Gasteiger partial charge in [-0.15, -0.1) is 0 Å². The fraction of sp³-hybridized carbons (Fsp3) is 0.636. The number of aryl methyl sites for hydroxylation is 2. The molecule has 1 atom stereocenters. The van der Waals surface area contributed by atoms with Crippen molar-refractivity contribution in [2.45, 2.75) is 74.7 Å². The zero-order chi connectivity index (χ0) is 30.7. The molecule has 0 radical (unpaired) electrons. The second kappa shape index (κ2) is 38.2. The van der Waals surface area contributed by atoms with Gasteiger partial charge in [0.15, 0.2) is 0 Å². The van der Waals surface area contributed by atoms with Crippen molar-refractivity contribution in [3.8, 4) is 11.5 Å². The Morgan fingerprint density at radius 1 is 0.667 bits per heavy atom. The minimum Gasteiger partial charge on any atom is -0.457 e. The molecule has 0 amide bonds. The molecule has 0 aliphatic rings. The fourth-order valence-corrected chi connectivity index (χ4v) is 2.10. The number of hydrogen-bond acceptors (Lipinski definition) is 6. The van der Waals surface area contributed by atoms with Crippen LogP contribution in [0.15, 0.2) is 48.5 Å². The van der Waals surface area contributed by atoms with Crippen molar-refractivity contribution in [3.63, 3.8) is 0 Å². The molecule has 1 N–H and O–H groups in total. The number of nitrogens with one attached hydrogen (secondary N) is 1. The van der Waals surface area contributed by atoms with Crippen molar-refractivity contribution in [2.75, 3.05) is 62.0 Å². The Kier molecular flexibility index (Phi) is 43.2. The lowest BCUT2D eigenvalue weighted by atomic mass is 10.1. The largest absolute Gasteiger partial charge is 0.457 e. The molecule has 0 bridgehead atoms. The predicted molar refractivity (Wildman–Crippen MR) is 170 cm³/mol. The molecule has 6 nitrogen and oxygen atoms in total. The third kappa shape index (κ3) is 40.7. The highest BCUT2D eigenvalue weighted by molar-refractivity contribution is 5.33. The van der Waals surface area contributed by atoms with Crippen LogP contribution in [0.1, 0.15) is 71.9 Å². The summed E-state index contributed by atoms with van der Waals surface area (Å²) in [5, 5.41) is 2.80. The summed E-state index contributed by atoms with van der Waals surface area (Å²) in [7, 11) is 8.62. The van der Waals surface area contributed by atoms with Crippen LogP contribution in [0.2, 0.25) is 0 Å². The maximum atomic E-state index is 5.69. The van der Waals surface area contributed by atoms with Gasteiger partial charge in [0.25, 0.3) is 0 Å². The predicted octanol–water partition coefficient (Wildman–Crippen LogP) is 8.70. The Balaban J connectivity index is -0.000000215. The number of benzene rings is 2. The lowest BCUT2D eigenvalue weighted by Crippen LogP contribution is -2.08. The summed E-state index contributed by atoms with van der Waals surface area (Å²) in [6.45, 7) is 20.0. The minimum atomic E-state index is 0.639. The lowest BCUT2D eigenvalue weighted by molar-refractivity contribution is 0.158. The van der Waals surface area contributed by atoms with E-state index in [1.807, 2.05) is 62.5 Å². The number of rotatable bonds is 10. The third-order valence-electron chi connectivity index (χ3n) is 4.41. The minimum absolute atomic E-state index is 0.639. The SMILES string of the molecule is CCC.CCC(C)COC.CCCOC.CCOC.CNCOC.Cc1ccc(Oc2ccc(C)cc2)cc1. The van der Waals surface area contributed by atoms with Crippen molar-refractivity contribution < 1.29 is 23.7 Å². The van der Waals surface area contributed by atoms with Gasteiger partial charge in [-0.2, -0.15) is 0 Å². The standard InChI is InChI=1S/C14H14O.C6H14O.C4H10O.C3H9NO.C3H8O.C3H8/c1-11-3-7-13(8-4-11)15-14-9-5-12(2)6-10-14;1-4-6(2)5-7-3;1-3-4-5-2;1-4-3-5-2;1-3-4-2;1-3-2/h3-10H,1-2H3;6H,4-5H2,1-3H3;3-4H2,1-2H3;4H,3H2,1-2H3;3H2,1-2H3;3H2,1-2H3. The Morgan fingerprint density at radius 2 is 1.08 bits per heavy atom. The summed E-state index contributed by atoms with van der Waals surface area (Å²) in [6.07, 6.45) is 3.59. The number of ether oxygens (including phenoxy) is 5. The molecule has 0 spiro atoms. The average molecular weight is 554 g/mol. The van der Waals surface area contributed by atoms with Gasteiger partial charge in [0.2, 0.25) is 0 Å². The first-order valence-corrected chi connectivity index (χ1v) is 14.1. The van der Waals surface area contributed by atoms with Crippen LogP contribution in [0, 0.1) is 19.8 Å². The zero-order valence-electron chi connectivity index (χ0n) is 27.7. The molecule has 0 aromatic heterocycles. The summed E-state index contributed by atoms with van der Waals surface area (Å²) in [6, 6.07) is 16.1. The van der Waals surface area contributed by atoms with Crippen molar-refractivity contribution in [2.24, 2.45) is 5.92 Å². The molecular weight excluding hydrogens is 490 g/mol. The van der Waals surface area contributed by atoms with Crippen molar-refractivity contribution in [1.82, 2.24) is 5.32 Å². The molecule has 6 heteroatoms. The molecule has 0 saturated heterocycles. The second-order valence-corrected chi connectivity index (χ2v) is 8.76. The first-order valence-electron chi connectivity index (χ1n) is 14.1. The molecular formula is C33H63NO5. The van der Waals surface area contributed by atoms with Gasteiger partial charge in [0, 0.05) is 48.3 Å². The van der Waals surface area contributed by atoms with Crippen molar-refractivity contribution in [3.05, 3.63) is 59.7 Å². The van der Waals surface area contributed by atoms with Crippen LogP contribution in [-0.2, 0) is 18.9 Å². The van der Waals surface area contributed by atoms with Crippen LogP contribution >= 0.6 is 0 Å². The summed E-state index contributed by atoms with van der Waals surface area (Å²) < 4.78 is 24.4. The van der Waals surface area contributed by atoms with E-state index in [0.29, 0.717) is 6.73 Å². The summed E-state index contributed by atoms with van der Waals surface area (Å²) in [5.41, 5.74) is 2.48. The highest BCUT2D eigenvalue weighted by Gasteiger charge is 1.96. The molecule has 0 aliphatic carbocycles. The van der Waals surface area contributed by atoms with Gasteiger partial charge in [-0.25, -0.2) is 0 Å².